The molecule has 25 heavy (non-hydrogen) atoms. The molecular weight excluding hydrogens is 357 g/mol. The number of nitrogens with zero attached hydrogens (tertiary/aromatic N) is 2. The lowest BCUT2D eigenvalue weighted by Crippen LogP contribution is -2.51. The van der Waals surface area contributed by atoms with Gasteiger partial charge in [-0.3, -0.25) is 4.79 Å². The van der Waals surface area contributed by atoms with Crippen LogP contribution in [0.3, 0.4) is 0 Å². The molecule has 138 valence electrons. The second kappa shape index (κ2) is 6.28. The Morgan fingerprint density at radius 1 is 1.12 bits per heavy atom. The lowest BCUT2D eigenvalue weighted by molar-refractivity contribution is -0.139. The predicted molar refractivity (Wildman–Crippen MR) is 84.1 cm³/mol. The van der Waals surface area contributed by atoms with E-state index in [0.29, 0.717) is 5.92 Å². The fourth-order valence-electron chi connectivity index (χ4n) is 3.11. The normalized spacial score (nSPS) is 25.0. The Kier molecular flexibility index (Phi) is 4.57. The average Bonchev–Trinajstić information content (AvgIpc) is 3.30. The van der Waals surface area contributed by atoms with Gasteiger partial charge < -0.3 is 4.90 Å². The number of carbonyl (C=O) groups excluding carboxylic acids is 1. The second-order valence-corrected chi connectivity index (χ2v) is 8.45. The summed E-state index contributed by atoms with van der Waals surface area (Å²) in [4.78, 5) is 13.1. The molecule has 0 spiro atoms. The van der Waals surface area contributed by atoms with E-state index in [2.05, 4.69) is 0 Å². The van der Waals surface area contributed by atoms with E-state index in [0.717, 1.165) is 28.9 Å². The zero-order chi connectivity index (χ0) is 18.4. The SMILES string of the molecule is C[C@@H]1C[C@H]1C(=O)N1CCN(S(=O)(=O)c2ccccc2C(F)(F)F)CC1. The molecule has 2 atom stereocenters. The maximum atomic E-state index is 13.1. The minimum absolute atomic E-state index is 0.00135. The minimum atomic E-state index is -4.75. The van der Waals surface area contributed by atoms with Gasteiger partial charge in [0.1, 0.15) is 0 Å². The van der Waals surface area contributed by atoms with Crippen LogP contribution in [0.4, 0.5) is 13.2 Å². The summed E-state index contributed by atoms with van der Waals surface area (Å²) in [6.45, 7) is 2.39. The van der Waals surface area contributed by atoms with Crippen molar-refractivity contribution in [2.75, 3.05) is 26.2 Å². The van der Waals surface area contributed by atoms with Crippen molar-refractivity contribution in [1.82, 2.24) is 9.21 Å². The fraction of sp³-hybridized carbons (Fsp3) is 0.562. The van der Waals surface area contributed by atoms with Crippen molar-refractivity contribution in [2.24, 2.45) is 11.8 Å². The summed E-state index contributed by atoms with van der Waals surface area (Å²) in [6.07, 6.45) is -3.90. The van der Waals surface area contributed by atoms with E-state index in [1.54, 1.807) is 4.90 Å². The van der Waals surface area contributed by atoms with E-state index in [-0.39, 0.29) is 38.0 Å². The van der Waals surface area contributed by atoms with Crippen LogP contribution in [0.2, 0.25) is 0 Å². The molecule has 0 bridgehead atoms. The molecule has 5 nitrogen and oxygen atoms in total. The quantitative estimate of drug-likeness (QED) is 0.813. The van der Waals surface area contributed by atoms with Crippen molar-refractivity contribution in [2.45, 2.75) is 24.4 Å². The minimum Gasteiger partial charge on any atom is -0.340 e. The molecule has 1 aromatic carbocycles. The highest BCUT2D eigenvalue weighted by Gasteiger charge is 2.43. The van der Waals surface area contributed by atoms with Crippen LogP contribution in [0.1, 0.15) is 18.9 Å². The number of piperazine rings is 1. The van der Waals surface area contributed by atoms with Gasteiger partial charge in [-0.2, -0.15) is 17.5 Å². The largest absolute Gasteiger partial charge is 0.417 e. The number of rotatable bonds is 3. The van der Waals surface area contributed by atoms with Crippen molar-refractivity contribution in [3.63, 3.8) is 0 Å². The van der Waals surface area contributed by atoms with Gasteiger partial charge in [-0.15, -0.1) is 0 Å². The Labute approximate surface area is 144 Å². The standard InChI is InChI=1S/C16H19F3N2O3S/c1-11-10-12(11)15(22)20-6-8-21(9-7-20)25(23,24)14-5-3-2-4-13(14)16(17,18)19/h2-5,11-12H,6-10H2,1H3/t11-,12-/m1/s1. The summed E-state index contributed by atoms with van der Waals surface area (Å²) in [7, 11) is -4.26. The molecule has 1 aromatic rings. The lowest BCUT2D eigenvalue weighted by atomic mass is 10.2. The summed E-state index contributed by atoms with van der Waals surface area (Å²) in [5.74, 6) is 0.377. The maximum Gasteiger partial charge on any atom is 0.417 e. The van der Waals surface area contributed by atoms with Gasteiger partial charge >= 0.3 is 6.18 Å². The van der Waals surface area contributed by atoms with Crippen molar-refractivity contribution < 1.29 is 26.4 Å². The van der Waals surface area contributed by atoms with E-state index in [1.165, 1.54) is 6.07 Å². The van der Waals surface area contributed by atoms with Gasteiger partial charge in [-0.1, -0.05) is 19.1 Å². The van der Waals surface area contributed by atoms with Crippen molar-refractivity contribution in [3.05, 3.63) is 29.8 Å². The molecule has 9 heteroatoms. The number of sulfonamides is 1. The molecule has 2 aliphatic rings. The van der Waals surface area contributed by atoms with Gasteiger partial charge in [-0.25, -0.2) is 8.42 Å². The fourth-order valence-corrected chi connectivity index (χ4v) is 4.75. The molecule has 0 N–H and O–H groups in total. The van der Waals surface area contributed by atoms with E-state index in [9.17, 15) is 26.4 Å². The van der Waals surface area contributed by atoms with Crippen LogP contribution in [-0.4, -0.2) is 49.7 Å². The Bertz CT molecular complexity index is 771. The van der Waals surface area contributed by atoms with Crippen LogP contribution in [0.15, 0.2) is 29.2 Å². The number of benzene rings is 1. The molecule has 1 saturated heterocycles. The van der Waals surface area contributed by atoms with E-state index < -0.39 is 26.7 Å². The molecule has 2 fully saturated rings. The van der Waals surface area contributed by atoms with E-state index in [4.69, 9.17) is 0 Å². The van der Waals surface area contributed by atoms with Crippen molar-refractivity contribution in [3.8, 4) is 0 Å². The molecule has 0 aromatic heterocycles. The Balaban J connectivity index is 1.76. The van der Waals surface area contributed by atoms with Crippen LogP contribution >= 0.6 is 0 Å². The molecule has 0 unspecified atom stereocenters. The molecule has 3 rings (SSSR count). The molecule has 1 saturated carbocycles. The third-order valence-corrected chi connectivity index (χ3v) is 6.74. The molecule has 1 amide bonds. The van der Waals surface area contributed by atoms with Crippen molar-refractivity contribution >= 4 is 15.9 Å². The van der Waals surface area contributed by atoms with Crippen LogP contribution in [0, 0.1) is 11.8 Å². The summed E-state index contributed by atoms with van der Waals surface area (Å²) in [5, 5.41) is 0. The van der Waals surface area contributed by atoms with Gasteiger partial charge in [0.05, 0.1) is 10.5 Å². The number of amides is 1. The topological polar surface area (TPSA) is 57.7 Å². The number of halogens is 3. The number of hydrogen-bond donors (Lipinski definition) is 0. The summed E-state index contributed by atoms with van der Waals surface area (Å²) in [5.41, 5.74) is -1.17. The zero-order valence-corrected chi connectivity index (χ0v) is 14.5. The maximum absolute atomic E-state index is 13.1. The number of carbonyl (C=O) groups is 1. The Morgan fingerprint density at radius 2 is 1.68 bits per heavy atom. The third-order valence-electron chi connectivity index (χ3n) is 4.79. The first kappa shape index (κ1) is 18.2. The highest BCUT2D eigenvalue weighted by atomic mass is 32.2. The van der Waals surface area contributed by atoms with Crippen LogP contribution in [0.25, 0.3) is 0 Å². The van der Waals surface area contributed by atoms with Crippen LogP contribution in [0.5, 0.6) is 0 Å². The van der Waals surface area contributed by atoms with E-state index in [1.807, 2.05) is 6.92 Å². The summed E-state index contributed by atoms with van der Waals surface area (Å²) < 4.78 is 65.7. The van der Waals surface area contributed by atoms with Crippen molar-refractivity contribution in [1.29, 1.82) is 0 Å². The molecule has 0 radical (unpaired) electrons. The molecule has 1 aliphatic heterocycles. The Hall–Kier alpha value is -1.61. The highest BCUT2D eigenvalue weighted by molar-refractivity contribution is 7.89. The van der Waals surface area contributed by atoms with Gasteiger partial charge in [0.15, 0.2) is 0 Å². The zero-order valence-electron chi connectivity index (χ0n) is 13.7. The van der Waals surface area contributed by atoms with Gasteiger partial charge in [0, 0.05) is 32.1 Å². The Morgan fingerprint density at radius 3 is 2.20 bits per heavy atom. The average molecular weight is 376 g/mol. The summed E-state index contributed by atoms with van der Waals surface area (Å²) >= 11 is 0. The van der Waals surface area contributed by atoms with E-state index >= 15 is 0 Å². The second-order valence-electron chi connectivity index (χ2n) is 6.54. The van der Waals surface area contributed by atoms with Crippen LogP contribution in [-0.2, 0) is 21.0 Å². The highest BCUT2D eigenvalue weighted by Crippen LogP contribution is 2.39. The summed E-state index contributed by atoms with van der Waals surface area (Å²) in [6, 6.07) is 4.17. The van der Waals surface area contributed by atoms with Gasteiger partial charge in [0.2, 0.25) is 15.9 Å². The van der Waals surface area contributed by atoms with Crippen LogP contribution < -0.4 is 0 Å². The van der Waals surface area contributed by atoms with Gasteiger partial charge in [-0.05, 0) is 24.5 Å². The molecular formula is C16H19F3N2O3S. The van der Waals surface area contributed by atoms with Gasteiger partial charge in [0.25, 0.3) is 0 Å². The predicted octanol–water partition coefficient (Wildman–Crippen LogP) is 2.19. The number of alkyl halides is 3. The smallest absolute Gasteiger partial charge is 0.340 e. The first-order valence-corrected chi connectivity index (χ1v) is 9.51. The molecule has 1 aliphatic carbocycles. The lowest BCUT2D eigenvalue weighted by Gasteiger charge is -2.34. The monoisotopic (exact) mass is 376 g/mol. The third kappa shape index (κ3) is 3.52. The first-order valence-electron chi connectivity index (χ1n) is 8.07. The molecule has 1 heterocycles. The number of hydrogen-bond acceptors (Lipinski definition) is 3. The first-order chi connectivity index (χ1) is 11.6.